The molecule has 0 heterocycles. The Balaban J connectivity index is 2.08. The summed E-state index contributed by atoms with van der Waals surface area (Å²) in [6, 6.07) is 14.5. The molecule has 0 amide bonds. The van der Waals surface area contributed by atoms with E-state index in [4.69, 9.17) is 15.2 Å². The second-order valence-electron chi connectivity index (χ2n) is 4.64. The summed E-state index contributed by atoms with van der Waals surface area (Å²) in [5.74, 6) is 0.172. The van der Waals surface area contributed by atoms with Crippen LogP contribution in [-0.4, -0.2) is 12.6 Å². The van der Waals surface area contributed by atoms with Gasteiger partial charge in [-0.25, -0.2) is 4.79 Å². The van der Waals surface area contributed by atoms with Crippen molar-refractivity contribution in [1.29, 1.82) is 0 Å². The van der Waals surface area contributed by atoms with E-state index >= 15 is 0 Å². The van der Waals surface area contributed by atoms with Gasteiger partial charge in [0, 0.05) is 0 Å². The van der Waals surface area contributed by atoms with Gasteiger partial charge in [0.2, 0.25) is 0 Å². The van der Waals surface area contributed by atoms with Gasteiger partial charge in [-0.05, 0) is 37.6 Å². The quantitative estimate of drug-likeness (QED) is 0.673. The molecule has 110 valence electrons. The topological polar surface area (TPSA) is 61.5 Å². The third-order valence-electron chi connectivity index (χ3n) is 3.10. The predicted octanol–water partition coefficient (Wildman–Crippen LogP) is 3.59. The average Bonchev–Trinajstić information content (AvgIpc) is 2.50. The van der Waals surface area contributed by atoms with Crippen LogP contribution in [0.25, 0.3) is 0 Å². The number of nitrogens with two attached hydrogens (primary N) is 1. The van der Waals surface area contributed by atoms with Crippen molar-refractivity contribution in [1.82, 2.24) is 0 Å². The van der Waals surface area contributed by atoms with Gasteiger partial charge in [0.05, 0.1) is 17.9 Å². The van der Waals surface area contributed by atoms with Crippen LogP contribution >= 0.6 is 0 Å². The van der Waals surface area contributed by atoms with Gasteiger partial charge < -0.3 is 15.2 Å². The van der Waals surface area contributed by atoms with Crippen molar-refractivity contribution in [2.45, 2.75) is 20.0 Å². The van der Waals surface area contributed by atoms with Crippen molar-refractivity contribution in [2.75, 3.05) is 12.3 Å². The van der Waals surface area contributed by atoms with Crippen LogP contribution in [-0.2, 0) is 4.74 Å². The number of ether oxygens (including phenoxy) is 2. The van der Waals surface area contributed by atoms with E-state index in [-0.39, 0.29) is 6.10 Å². The molecule has 0 aliphatic carbocycles. The Labute approximate surface area is 124 Å². The summed E-state index contributed by atoms with van der Waals surface area (Å²) in [5.41, 5.74) is 7.65. The lowest BCUT2D eigenvalue weighted by Crippen LogP contribution is -2.10. The standard InChI is InChI=1S/C17H19NO3/c1-3-20-16-10-9-14(11-15(16)18)17(19)21-12(2)13-7-5-4-6-8-13/h4-12H,3,18H2,1-2H3. The van der Waals surface area contributed by atoms with E-state index in [1.807, 2.05) is 44.2 Å². The van der Waals surface area contributed by atoms with Gasteiger partial charge >= 0.3 is 5.97 Å². The van der Waals surface area contributed by atoms with Crippen molar-refractivity contribution in [2.24, 2.45) is 0 Å². The normalized spacial score (nSPS) is 11.7. The molecule has 4 nitrogen and oxygen atoms in total. The maximum atomic E-state index is 12.1. The van der Waals surface area contributed by atoms with Gasteiger partial charge in [0.15, 0.2) is 0 Å². The minimum absolute atomic E-state index is 0.313. The number of anilines is 1. The molecule has 0 fully saturated rings. The smallest absolute Gasteiger partial charge is 0.338 e. The molecule has 1 atom stereocenters. The van der Waals surface area contributed by atoms with Gasteiger partial charge in [-0.1, -0.05) is 30.3 Å². The molecule has 2 N–H and O–H groups in total. The van der Waals surface area contributed by atoms with Crippen LogP contribution < -0.4 is 10.5 Å². The number of rotatable bonds is 5. The SMILES string of the molecule is CCOc1ccc(C(=O)OC(C)c2ccccc2)cc1N. The second-order valence-corrected chi connectivity index (χ2v) is 4.64. The zero-order valence-electron chi connectivity index (χ0n) is 12.2. The van der Waals surface area contributed by atoms with E-state index in [9.17, 15) is 4.79 Å². The number of hydrogen-bond donors (Lipinski definition) is 1. The van der Waals surface area contributed by atoms with Crippen molar-refractivity contribution in [3.8, 4) is 5.75 Å². The minimum atomic E-state index is -0.402. The third kappa shape index (κ3) is 3.75. The summed E-state index contributed by atoms with van der Waals surface area (Å²) >= 11 is 0. The fourth-order valence-electron chi connectivity index (χ4n) is 1.98. The lowest BCUT2D eigenvalue weighted by Gasteiger charge is -2.14. The number of hydrogen-bond acceptors (Lipinski definition) is 4. The van der Waals surface area contributed by atoms with Gasteiger partial charge in [-0.15, -0.1) is 0 Å². The molecule has 1 unspecified atom stereocenters. The molecule has 21 heavy (non-hydrogen) atoms. The number of esters is 1. The Morgan fingerprint density at radius 3 is 2.52 bits per heavy atom. The molecule has 2 aromatic rings. The first-order valence-corrected chi connectivity index (χ1v) is 6.90. The summed E-state index contributed by atoms with van der Waals surface area (Å²) < 4.78 is 10.8. The third-order valence-corrected chi connectivity index (χ3v) is 3.10. The molecule has 0 spiro atoms. The fraction of sp³-hybridized carbons (Fsp3) is 0.235. The first-order chi connectivity index (χ1) is 10.1. The maximum Gasteiger partial charge on any atom is 0.338 e. The van der Waals surface area contributed by atoms with Crippen molar-refractivity contribution in [3.05, 3.63) is 59.7 Å². The average molecular weight is 285 g/mol. The van der Waals surface area contributed by atoms with Gasteiger partial charge in [0.1, 0.15) is 11.9 Å². The van der Waals surface area contributed by atoms with E-state index in [0.29, 0.717) is 23.6 Å². The molecule has 0 saturated carbocycles. The van der Waals surface area contributed by atoms with Crippen LogP contribution in [0, 0.1) is 0 Å². The van der Waals surface area contributed by atoms with Crippen LogP contribution in [0.1, 0.15) is 35.9 Å². The van der Waals surface area contributed by atoms with Gasteiger partial charge in [-0.2, -0.15) is 0 Å². The van der Waals surface area contributed by atoms with Crippen LogP contribution in [0.3, 0.4) is 0 Å². The second kappa shape index (κ2) is 6.79. The highest BCUT2D eigenvalue weighted by Crippen LogP contribution is 2.24. The molecule has 0 bridgehead atoms. The summed E-state index contributed by atoms with van der Waals surface area (Å²) in [6.07, 6.45) is -0.313. The molecule has 2 rings (SSSR count). The molecule has 0 aliphatic heterocycles. The van der Waals surface area contributed by atoms with Crippen LogP contribution in [0.4, 0.5) is 5.69 Å². The Kier molecular flexibility index (Phi) is 4.82. The largest absolute Gasteiger partial charge is 0.492 e. The van der Waals surface area contributed by atoms with E-state index in [0.717, 1.165) is 5.56 Å². The Bertz CT molecular complexity index is 611. The van der Waals surface area contributed by atoms with Gasteiger partial charge in [-0.3, -0.25) is 0 Å². The number of nitrogen functional groups attached to an aromatic ring is 1. The Morgan fingerprint density at radius 2 is 1.90 bits per heavy atom. The highest BCUT2D eigenvalue weighted by molar-refractivity contribution is 5.91. The Morgan fingerprint density at radius 1 is 1.19 bits per heavy atom. The van der Waals surface area contributed by atoms with Crippen LogP contribution in [0.2, 0.25) is 0 Å². The highest BCUT2D eigenvalue weighted by atomic mass is 16.5. The molecular formula is C17H19NO3. The first-order valence-electron chi connectivity index (χ1n) is 6.90. The highest BCUT2D eigenvalue weighted by Gasteiger charge is 2.14. The van der Waals surface area contributed by atoms with Crippen molar-refractivity contribution >= 4 is 11.7 Å². The summed E-state index contributed by atoms with van der Waals surface area (Å²) in [5, 5.41) is 0. The number of carbonyl (C=O) groups excluding carboxylic acids is 1. The molecule has 0 aliphatic rings. The van der Waals surface area contributed by atoms with Crippen LogP contribution in [0.15, 0.2) is 48.5 Å². The lowest BCUT2D eigenvalue weighted by molar-refractivity contribution is 0.0338. The molecule has 0 radical (unpaired) electrons. The summed E-state index contributed by atoms with van der Waals surface area (Å²) in [7, 11) is 0. The van der Waals surface area contributed by atoms with Gasteiger partial charge in [0.25, 0.3) is 0 Å². The number of benzene rings is 2. The summed E-state index contributed by atoms with van der Waals surface area (Å²) in [4.78, 5) is 12.1. The monoisotopic (exact) mass is 285 g/mol. The molecule has 0 aromatic heterocycles. The zero-order chi connectivity index (χ0) is 15.2. The molecule has 2 aromatic carbocycles. The molecular weight excluding hydrogens is 266 g/mol. The fourth-order valence-corrected chi connectivity index (χ4v) is 1.98. The van der Waals surface area contributed by atoms with E-state index in [1.54, 1.807) is 18.2 Å². The molecule has 4 heteroatoms. The number of carbonyl (C=O) groups is 1. The Hall–Kier alpha value is -2.49. The summed E-state index contributed by atoms with van der Waals surface area (Å²) in [6.45, 7) is 4.24. The lowest BCUT2D eigenvalue weighted by atomic mass is 10.1. The predicted molar refractivity (Wildman–Crippen MR) is 82.3 cm³/mol. The molecule has 0 saturated heterocycles. The van der Waals surface area contributed by atoms with Crippen LogP contribution in [0.5, 0.6) is 5.75 Å². The maximum absolute atomic E-state index is 12.1. The first kappa shape index (κ1) is 14.9. The van der Waals surface area contributed by atoms with Crippen molar-refractivity contribution < 1.29 is 14.3 Å². The minimum Gasteiger partial charge on any atom is -0.492 e. The van der Waals surface area contributed by atoms with E-state index in [1.165, 1.54) is 0 Å². The zero-order valence-corrected chi connectivity index (χ0v) is 12.2. The van der Waals surface area contributed by atoms with E-state index < -0.39 is 5.97 Å². The van der Waals surface area contributed by atoms with Crippen molar-refractivity contribution in [3.63, 3.8) is 0 Å². The van der Waals surface area contributed by atoms with E-state index in [2.05, 4.69) is 0 Å².